The predicted molar refractivity (Wildman–Crippen MR) is 163 cm³/mol. The third-order valence-electron chi connectivity index (χ3n) is 8.45. The number of likely N-dealkylation sites (tertiary alicyclic amines) is 1. The summed E-state index contributed by atoms with van der Waals surface area (Å²) in [6, 6.07) is 12.4. The number of halogens is 1. The van der Waals surface area contributed by atoms with Gasteiger partial charge in [-0.1, -0.05) is 12.1 Å². The fourth-order valence-corrected chi connectivity index (χ4v) is 6.11. The van der Waals surface area contributed by atoms with Gasteiger partial charge in [-0.15, -0.1) is 10.2 Å². The van der Waals surface area contributed by atoms with Crippen LogP contribution in [0.3, 0.4) is 0 Å². The Morgan fingerprint density at radius 1 is 0.957 bits per heavy atom. The lowest BCUT2D eigenvalue weighted by atomic mass is 10.00. The number of rotatable bonds is 1. The van der Waals surface area contributed by atoms with Crippen molar-refractivity contribution in [3.8, 4) is 22.6 Å². The maximum atomic E-state index is 14.7. The minimum Gasteiger partial charge on any atom is -0.488 e. The monoisotopic (exact) mass is 625 g/mol. The van der Waals surface area contributed by atoms with Crippen LogP contribution < -0.4 is 20.1 Å². The van der Waals surface area contributed by atoms with E-state index in [2.05, 4.69) is 25.8 Å². The molecule has 3 amide bonds. The van der Waals surface area contributed by atoms with Crippen LogP contribution in [0.2, 0.25) is 0 Å². The minimum absolute atomic E-state index is 0.0592. The minimum atomic E-state index is -0.650. The van der Waals surface area contributed by atoms with Crippen LogP contribution in [-0.4, -0.2) is 74.2 Å². The second-order valence-electron chi connectivity index (χ2n) is 11.7. The summed E-state index contributed by atoms with van der Waals surface area (Å²) in [4.78, 5) is 45.9. The predicted octanol–water partition coefficient (Wildman–Crippen LogP) is 2.92. The van der Waals surface area contributed by atoms with Crippen molar-refractivity contribution in [2.24, 2.45) is 0 Å². The maximum Gasteiger partial charge on any atom is 0.291 e. The first-order valence-electron chi connectivity index (χ1n) is 15.3. The summed E-state index contributed by atoms with van der Waals surface area (Å²) in [5.74, 6) is 0.222. The van der Waals surface area contributed by atoms with Crippen LogP contribution in [0.4, 0.5) is 4.39 Å². The molecule has 0 radical (unpaired) electrons. The Kier molecular flexibility index (Phi) is 8.04. The Bertz CT molecular complexity index is 1810. The van der Waals surface area contributed by atoms with Gasteiger partial charge in [0.2, 0.25) is 5.82 Å². The van der Waals surface area contributed by atoms with Crippen molar-refractivity contribution in [2.45, 2.75) is 50.9 Å². The number of carbonyl (C=O) groups is 3. The number of benzene rings is 2. The van der Waals surface area contributed by atoms with Crippen molar-refractivity contribution in [1.29, 1.82) is 0 Å². The zero-order chi connectivity index (χ0) is 31.6. The lowest BCUT2D eigenvalue weighted by molar-refractivity contribution is -0.123. The zero-order valence-corrected chi connectivity index (χ0v) is 24.9. The standard InChI is InChI=1S/C33H32FN7O5/c34-24-10-20-11-26(14-24)46-28-7-9-40(33(44)31-39-38-29-6-1-2-8-41(29)31)18-27(28)37-32(43)23-12-22(16-35-17-23)21-4-3-5-25(13-21)45-19-30(42)36-15-20/h3-5,10-14,16-17,27-28H,1-2,6-9,15,18-19H2,(H,36,42)(H,37,43)/t27-,28+/m1/s1. The highest BCUT2D eigenvalue weighted by atomic mass is 19.1. The Balaban J connectivity index is 1.21. The van der Waals surface area contributed by atoms with E-state index in [1.54, 1.807) is 41.4 Å². The van der Waals surface area contributed by atoms with E-state index in [1.165, 1.54) is 18.3 Å². The van der Waals surface area contributed by atoms with Gasteiger partial charge in [0.25, 0.3) is 17.7 Å². The Labute approximate surface area is 263 Å². The number of hydrogen-bond donors (Lipinski definition) is 2. The van der Waals surface area contributed by atoms with Crippen LogP contribution in [0, 0.1) is 5.82 Å². The average molecular weight is 626 g/mol. The summed E-state index contributed by atoms with van der Waals surface area (Å²) in [6.45, 7) is 0.985. The molecule has 46 heavy (non-hydrogen) atoms. The van der Waals surface area contributed by atoms with Crippen molar-refractivity contribution in [2.75, 3.05) is 19.7 Å². The first-order chi connectivity index (χ1) is 22.4. The summed E-state index contributed by atoms with van der Waals surface area (Å²) in [7, 11) is 0. The van der Waals surface area contributed by atoms with Gasteiger partial charge in [-0.25, -0.2) is 4.39 Å². The molecule has 3 aliphatic rings. The number of aromatic nitrogens is 4. The third-order valence-corrected chi connectivity index (χ3v) is 8.45. The molecule has 2 aromatic heterocycles. The first kappa shape index (κ1) is 29.4. The number of nitrogens with one attached hydrogen (secondary N) is 2. The molecule has 0 unspecified atom stereocenters. The molecule has 12 nitrogen and oxygen atoms in total. The molecule has 6 bridgehead atoms. The van der Waals surface area contributed by atoms with E-state index >= 15 is 0 Å². The van der Waals surface area contributed by atoms with Gasteiger partial charge in [0.1, 0.15) is 29.2 Å². The molecule has 2 N–H and O–H groups in total. The van der Waals surface area contributed by atoms with Crippen LogP contribution in [0.1, 0.15) is 51.6 Å². The van der Waals surface area contributed by atoms with Gasteiger partial charge < -0.3 is 29.6 Å². The largest absolute Gasteiger partial charge is 0.488 e. The quantitative estimate of drug-likeness (QED) is 0.329. The molecule has 3 aliphatic heterocycles. The Morgan fingerprint density at radius 2 is 1.85 bits per heavy atom. The molecular formula is C33H32FN7O5. The van der Waals surface area contributed by atoms with Crippen LogP contribution in [0.15, 0.2) is 60.9 Å². The molecule has 236 valence electrons. The Morgan fingerprint density at radius 3 is 2.76 bits per heavy atom. The lowest BCUT2D eigenvalue weighted by Crippen LogP contribution is -2.58. The Hall–Kier alpha value is -5.33. The van der Waals surface area contributed by atoms with Gasteiger partial charge in [0, 0.05) is 63.0 Å². The van der Waals surface area contributed by atoms with Gasteiger partial charge in [0.15, 0.2) is 6.61 Å². The number of carbonyl (C=O) groups excluding carboxylic acids is 3. The summed E-state index contributed by atoms with van der Waals surface area (Å²) in [6.07, 6.45) is 5.61. The fraction of sp³-hybridized carbons (Fsp3) is 0.333. The molecule has 0 spiro atoms. The number of ether oxygens (including phenoxy) is 2. The molecular weight excluding hydrogens is 593 g/mol. The van der Waals surface area contributed by atoms with Gasteiger partial charge >= 0.3 is 0 Å². The summed E-state index contributed by atoms with van der Waals surface area (Å²) in [5, 5.41) is 14.2. The van der Waals surface area contributed by atoms with Crippen molar-refractivity contribution in [3.05, 3.63) is 89.5 Å². The number of hydrogen-bond acceptors (Lipinski definition) is 8. The highest BCUT2D eigenvalue weighted by Gasteiger charge is 2.36. The molecule has 1 fully saturated rings. The molecule has 5 heterocycles. The van der Waals surface area contributed by atoms with E-state index in [4.69, 9.17) is 9.47 Å². The number of nitrogens with zero attached hydrogens (tertiary/aromatic N) is 5. The molecule has 2 atom stereocenters. The number of aryl methyl sites for hydroxylation is 1. The van der Waals surface area contributed by atoms with Gasteiger partial charge in [-0.2, -0.15) is 0 Å². The normalized spacial score (nSPS) is 19.9. The number of fused-ring (bicyclic) bond motifs is 9. The van der Waals surface area contributed by atoms with Crippen molar-refractivity contribution < 1.29 is 28.2 Å². The van der Waals surface area contributed by atoms with Crippen LogP contribution in [-0.2, 0) is 24.3 Å². The van der Waals surface area contributed by atoms with E-state index < -0.39 is 23.9 Å². The SMILES string of the molecule is O=C1COc2cccc(c2)-c2cncc(c2)C(=O)N[C@@H]2CN(C(=O)c3nnc4n3CCCC4)CC[C@@H]2Oc2cc(F)cc(c2)CN1. The summed E-state index contributed by atoms with van der Waals surface area (Å²) in [5.41, 5.74) is 2.23. The van der Waals surface area contributed by atoms with E-state index in [0.717, 1.165) is 30.7 Å². The first-order valence-corrected chi connectivity index (χ1v) is 15.3. The smallest absolute Gasteiger partial charge is 0.291 e. The molecule has 7 rings (SSSR count). The van der Waals surface area contributed by atoms with Crippen LogP contribution >= 0.6 is 0 Å². The topological polar surface area (TPSA) is 141 Å². The van der Waals surface area contributed by atoms with Gasteiger partial charge in [0.05, 0.1) is 11.6 Å². The second kappa shape index (κ2) is 12.6. The molecule has 2 aromatic carbocycles. The van der Waals surface area contributed by atoms with Gasteiger partial charge in [-0.3, -0.25) is 19.4 Å². The van der Waals surface area contributed by atoms with E-state index in [0.29, 0.717) is 42.0 Å². The van der Waals surface area contributed by atoms with Crippen molar-refractivity contribution in [3.63, 3.8) is 0 Å². The molecule has 4 aromatic rings. The maximum absolute atomic E-state index is 14.7. The molecule has 0 aliphatic carbocycles. The third kappa shape index (κ3) is 6.25. The van der Waals surface area contributed by atoms with E-state index in [9.17, 15) is 18.8 Å². The summed E-state index contributed by atoms with van der Waals surface area (Å²) >= 11 is 0. The van der Waals surface area contributed by atoms with E-state index in [-0.39, 0.29) is 43.1 Å². The molecule has 0 saturated carbocycles. The zero-order valence-electron chi connectivity index (χ0n) is 24.9. The average Bonchev–Trinajstić information content (AvgIpc) is 3.51. The van der Waals surface area contributed by atoms with Crippen molar-refractivity contribution in [1.82, 2.24) is 35.3 Å². The van der Waals surface area contributed by atoms with Gasteiger partial charge in [-0.05, 0) is 54.3 Å². The van der Waals surface area contributed by atoms with Crippen LogP contribution in [0.5, 0.6) is 11.5 Å². The van der Waals surface area contributed by atoms with E-state index in [1.807, 2.05) is 10.6 Å². The van der Waals surface area contributed by atoms with Crippen molar-refractivity contribution >= 4 is 17.7 Å². The number of pyridine rings is 1. The second-order valence-corrected chi connectivity index (χ2v) is 11.7. The molecule has 1 saturated heterocycles. The summed E-state index contributed by atoms with van der Waals surface area (Å²) < 4.78 is 28.6. The highest BCUT2D eigenvalue weighted by Crippen LogP contribution is 2.26. The lowest BCUT2D eigenvalue weighted by Gasteiger charge is -2.38. The number of piperidine rings is 1. The number of amides is 3. The highest BCUT2D eigenvalue weighted by molar-refractivity contribution is 5.95. The molecule has 13 heteroatoms. The fourth-order valence-electron chi connectivity index (χ4n) is 6.11. The van der Waals surface area contributed by atoms with Crippen LogP contribution in [0.25, 0.3) is 11.1 Å².